The third-order valence-corrected chi connectivity index (χ3v) is 7.01. The zero-order valence-electron chi connectivity index (χ0n) is 16.5. The Morgan fingerprint density at radius 2 is 2.03 bits per heavy atom. The summed E-state index contributed by atoms with van der Waals surface area (Å²) in [6.07, 6.45) is 5.90. The van der Waals surface area contributed by atoms with Gasteiger partial charge >= 0.3 is 0 Å². The first-order valence-corrected chi connectivity index (χ1v) is 12.0. The molecule has 1 fully saturated rings. The van der Waals surface area contributed by atoms with Gasteiger partial charge in [0.05, 0.1) is 34.1 Å². The molecule has 1 N–H and O–H groups in total. The number of benzene rings is 1. The Morgan fingerprint density at radius 1 is 1.23 bits per heavy atom. The SMILES string of the molecule is CCOc1ccc(C(=O)N2CCCCC2)c(NS(=O)(=O)c2nccc3sncc23)c1. The molecule has 0 atom stereocenters. The third kappa shape index (κ3) is 4.10. The lowest BCUT2D eigenvalue weighted by molar-refractivity contribution is 0.0725. The highest BCUT2D eigenvalue weighted by atomic mass is 32.2. The van der Waals surface area contributed by atoms with E-state index in [0.29, 0.717) is 36.4 Å². The summed E-state index contributed by atoms with van der Waals surface area (Å²) in [6.45, 7) is 3.59. The Balaban J connectivity index is 1.73. The van der Waals surface area contributed by atoms with Crippen LogP contribution in [-0.2, 0) is 10.0 Å². The minimum atomic E-state index is -4.05. The van der Waals surface area contributed by atoms with Gasteiger partial charge in [0.1, 0.15) is 5.75 Å². The molecule has 30 heavy (non-hydrogen) atoms. The summed E-state index contributed by atoms with van der Waals surface area (Å²) in [4.78, 5) is 18.9. The van der Waals surface area contributed by atoms with Crippen LogP contribution in [0.4, 0.5) is 5.69 Å². The van der Waals surface area contributed by atoms with E-state index in [9.17, 15) is 13.2 Å². The number of pyridine rings is 1. The molecule has 0 radical (unpaired) electrons. The van der Waals surface area contributed by atoms with E-state index >= 15 is 0 Å². The van der Waals surface area contributed by atoms with Gasteiger partial charge in [0.15, 0.2) is 5.03 Å². The molecule has 10 heteroatoms. The fourth-order valence-corrected chi connectivity index (χ4v) is 5.41. The van der Waals surface area contributed by atoms with Crippen molar-refractivity contribution >= 4 is 43.2 Å². The molecule has 0 unspecified atom stereocenters. The molecule has 4 rings (SSSR count). The van der Waals surface area contributed by atoms with Gasteiger partial charge in [0, 0.05) is 25.4 Å². The van der Waals surface area contributed by atoms with Gasteiger partial charge in [-0.3, -0.25) is 9.52 Å². The Bertz CT molecular complexity index is 1170. The zero-order valence-corrected chi connectivity index (χ0v) is 18.1. The van der Waals surface area contributed by atoms with Gasteiger partial charge in [-0.05, 0) is 55.9 Å². The highest BCUT2D eigenvalue weighted by Crippen LogP contribution is 2.29. The molecule has 3 heterocycles. The van der Waals surface area contributed by atoms with E-state index in [-0.39, 0.29) is 16.6 Å². The molecule has 1 aliphatic rings. The predicted molar refractivity (Wildman–Crippen MR) is 116 cm³/mol. The van der Waals surface area contributed by atoms with E-state index in [1.54, 1.807) is 29.2 Å². The van der Waals surface area contributed by atoms with Crippen molar-refractivity contribution in [2.45, 2.75) is 31.2 Å². The van der Waals surface area contributed by atoms with Crippen LogP contribution in [0.3, 0.4) is 0 Å². The quantitative estimate of drug-likeness (QED) is 0.622. The molecule has 0 spiro atoms. The summed E-state index contributed by atoms with van der Waals surface area (Å²) in [5.74, 6) is 0.285. The molecule has 8 nitrogen and oxygen atoms in total. The lowest BCUT2D eigenvalue weighted by Gasteiger charge is -2.27. The fourth-order valence-electron chi connectivity index (χ4n) is 3.50. The minimum Gasteiger partial charge on any atom is -0.494 e. The fraction of sp³-hybridized carbons (Fsp3) is 0.350. The molecule has 0 saturated carbocycles. The number of piperidine rings is 1. The molecule has 1 aromatic carbocycles. The van der Waals surface area contributed by atoms with Gasteiger partial charge in [0.2, 0.25) is 0 Å². The van der Waals surface area contributed by atoms with E-state index in [0.717, 1.165) is 24.0 Å². The van der Waals surface area contributed by atoms with Crippen molar-refractivity contribution in [3.05, 3.63) is 42.2 Å². The van der Waals surface area contributed by atoms with Crippen LogP contribution in [0.5, 0.6) is 5.75 Å². The molecule has 1 saturated heterocycles. The first-order valence-electron chi connectivity index (χ1n) is 9.78. The monoisotopic (exact) mass is 446 g/mol. The number of fused-ring (bicyclic) bond motifs is 1. The number of carbonyl (C=O) groups excluding carboxylic acids is 1. The highest BCUT2D eigenvalue weighted by Gasteiger charge is 2.26. The Morgan fingerprint density at radius 3 is 2.80 bits per heavy atom. The molecule has 1 aliphatic heterocycles. The van der Waals surface area contributed by atoms with Crippen molar-refractivity contribution in [2.24, 2.45) is 0 Å². The summed E-state index contributed by atoms with van der Waals surface area (Å²) < 4.78 is 39.2. The first kappa shape index (κ1) is 20.5. The number of anilines is 1. The summed E-state index contributed by atoms with van der Waals surface area (Å²) >= 11 is 1.20. The van der Waals surface area contributed by atoms with Gasteiger partial charge in [-0.15, -0.1) is 0 Å². The maximum absolute atomic E-state index is 13.2. The number of nitrogens with one attached hydrogen (secondary N) is 1. The summed E-state index contributed by atoms with van der Waals surface area (Å²) in [5.41, 5.74) is 0.470. The second-order valence-corrected chi connectivity index (χ2v) is 9.38. The highest BCUT2D eigenvalue weighted by molar-refractivity contribution is 7.92. The third-order valence-electron chi connectivity index (χ3n) is 4.92. The second-order valence-electron chi connectivity index (χ2n) is 6.95. The van der Waals surface area contributed by atoms with Crippen LogP contribution in [0.25, 0.3) is 10.1 Å². The van der Waals surface area contributed by atoms with E-state index in [1.807, 2.05) is 6.92 Å². The van der Waals surface area contributed by atoms with Gasteiger partial charge in [0.25, 0.3) is 15.9 Å². The molecule has 0 aliphatic carbocycles. The standard InChI is InChI=1S/C20H22N4O4S2/c1-2-28-14-6-7-15(20(25)24-10-4-3-5-11-24)17(12-14)23-30(26,27)19-16-13-22-29-18(16)8-9-21-19/h6-9,12-13,23H,2-5,10-11H2,1H3. The van der Waals surface area contributed by atoms with Crippen LogP contribution in [0, 0.1) is 0 Å². The lowest BCUT2D eigenvalue weighted by Crippen LogP contribution is -2.36. The van der Waals surface area contributed by atoms with Crippen molar-refractivity contribution in [1.29, 1.82) is 0 Å². The van der Waals surface area contributed by atoms with Gasteiger partial charge in [-0.25, -0.2) is 4.98 Å². The van der Waals surface area contributed by atoms with E-state index in [4.69, 9.17) is 4.74 Å². The van der Waals surface area contributed by atoms with Gasteiger partial charge < -0.3 is 9.64 Å². The van der Waals surface area contributed by atoms with Crippen molar-refractivity contribution in [2.75, 3.05) is 24.4 Å². The smallest absolute Gasteiger partial charge is 0.280 e. The van der Waals surface area contributed by atoms with Crippen molar-refractivity contribution in [3.63, 3.8) is 0 Å². The number of rotatable bonds is 6. The molecule has 2 aromatic heterocycles. The molecule has 158 valence electrons. The summed E-state index contributed by atoms with van der Waals surface area (Å²) in [6, 6.07) is 6.55. The number of ether oxygens (including phenoxy) is 1. The molecule has 3 aromatic rings. The minimum absolute atomic E-state index is 0.119. The number of sulfonamides is 1. The average Bonchev–Trinajstić information content (AvgIpc) is 3.23. The second kappa shape index (κ2) is 8.57. The average molecular weight is 447 g/mol. The lowest BCUT2D eigenvalue weighted by atomic mass is 10.1. The molecular formula is C20H22N4O4S2. The van der Waals surface area contributed by atoms with E-state index < -0.39 is 10.0 Å². The van der Waals surface area contributed by atoms with Crippen LogP contribution in [0.15, 0.2) is 41.7 Å². The number of amides is 1. The Labute approximate surface area is 179 Å². The Kier molecular flexibility index (Phi) is 5.87. The normalized spacial score (nSPS) is 14.6. The van der Waals surface area contributed by atoms with Crippen LogP contribution in [0.2, 0.25) is 0 Å². The number of nitrogens with zero attached hydrogens (tertiary/aromatic N) is 3. The molecule has 1 amide bonds. The van der Waals surface area contributed by atoms with Crippen LogP contribution >= 0.6 is 11.5 Å². The maximum atomic E-state index is 13.2. The van der Waals surface area contributed by atoms with Crippen molar-refractivity contribution in [3.8, 4) is 5.75 Å². The molecular weight excluding hydrogens is 424 g/mol. The number of aromatic nitrogens is 2. The predicted octanol–water partition coefficient (Wildman–Crippen LogP) is 3.52. The number of carbonyl (C=O) groups is 1. The van der Waals surface area contributed by atoms with E-state index in [2.05, 4.69) is 14.1 Å². The number of likely N-dealkylation sites (tertiary alicyclic amines) is 1. The van der Waals surface area contributed by atoms with Gasteiger partial charge in [-0.1, -0.05) is 0 Å². The summed E-state index contributed by atoms with van der Waals surface area (Å²) in [7, 11) is -4.05. The topological polar surface area (TPSA) is 101 Å². The number of hydrogen-bond acceptors (Lipinski definition) is 7. The molecule has 0 bridgehead atoms. The first-order chi connectivity index (χ1) is 14.5. The zero-order chi connectivity index (χ0) is 21.1. The largest absolute Gasteiger partial charge is 0.494 e. The van der Waals surface area contributed by atoms with E-state index in [1.165, 1.54) is 23.9 Å². The number of hydrogen-bond donors (Lipinski definition) is 1. The van der Waals surface area contributed by atoms with Crippen molar-refractivity contribution < 1.29 is 17.9 Å². The van der Waals surface area contributed by atoms with Crippen LogP contribution in [-0.4, -0.2) is 48.3 Å². The van der Waals surface area contributed by atoms with Gasteiger partial charge in [-0.2, -0.15) is 12.8 Å². The van der Waals surface area contributed by atoms with Crippen LogP contribution in [0.1, 0.15) is 36.5 Å². The summed E-state index contributed by atoms with van der Waals surface area (Å²) in [5, 5.41) is 0.326. The maximum Gasteiger partial charge on any atom is 0.280 e. The van der Waals surface area contributed by atoms with Crippen molar-refractivity contribution in [1.82, 2.24) is 14.3 Å². The Hall–Kier alpha value is -2.72. The van der Waals surface area contributed by atoms with Crippen LogP contribution < -0.4 is 9.46 Å².